The number of nitrogens with zero attached hydrogens (tertiary/aromatic N) is 3. The van der Waals surface area contributed by atoms with Crippen molar-refractivity contribution < 1.29 is 9.53 Å². The van der Waals surface area contributed by atoms with Crippen LogP contribution in [0.5, 0.6) is 11.6 Å². The van der Waals surface area contributed by atoms with Crippen molar-refractivity contribution in [3.05, 3.63) is 41.0 Å². The van der Waals surface area contributed by atoms with Crippen LogP contribution in [-0.4, -0.2) is 49.5 Å². The standard InChI is InChI=1S/C21H23ClN4O2/c1-4-10-25(3)19-17(21(27)26-11-5-6-12-26)14-24-20(18(19)23-2)28-16-9-7-8-15(22)13-16/h1,7-9,13-14,23H,5-6,10-12H2,2-3H3. The lowest BCUT2D eigenvalue weighted by Gasteiger charge is -2.26. The molecule has 1 N–H and O–H groups in total. The Morgan fingerprint density at radius 1 is 1.43 bits per heavy atom. The third-order valence-corrected chi connectivity index (χ3v) is 4.85. The van der Waals surface area contributed by atoms with Crippen molar-refractivity contribution in [2.24, 2.45) is 0 Å². The minimum Gasteiger partial charge on any atom is -0.437 e. The van der Waals surface area contributed by atoms with Crippen LogP contribution in [0.1, 0.15) is 23.2 Å². The maximum absolute atomic E-state index is 13.1. The summed E-state index contributed by atoms with van der Waals surface area (Å²) in [5.74, 6) is 3.48. The molecule has 0 unspecified atom stereocenters. The van der Waals surface area contributed by atoms with E-state index in [-0.39, 0.29) is 5.91 Å². The summed E-state index contributed by atoms with van der Waals surface area (Å²) in [6.07, 6.45) is 9.11. The highest BCUT2D eigenvalue weighted by Gasteiger charge is 2.27. The number of carbonyl (C=O) groups is 1. The predicted molar refractivity (Wildman–Crippen MR) is 113 cm³/mol. The van der Waals surface area contributed by atoms with Crippen LogP contribution in [0, 0.1) is 12.3 Å². The number of hydrogen-bond donors (Lipinski definition) is 1. The first-order chi connectivity index (χ1) is 13.5. The number of halogens is 1. The van der Waals surface area contributed by atoms with Crippen molar-refractivity contribution in [1.82, 2.24) is 9.88 Å². The number of carbonyl (C=O) groups excluding carboxylic acids is 1. The van der Waals surface area contributed by atoms with E-state index in [1.54, 1.807) is 37.5 Å². The van der Waals surface area contributed by atoms with Crippen molar-refractivity contribution in [1.29, 1.82) is 0 Å². The monoisotopic (exact) mass is 398 g/mol. The van der Waals surface area contributed by atoms with Crippen LogP contribution >= 0.6 is 11.6 Å². The van der Waals surface area contributed by atoms with Gasteiger partial charge in [0.25, 0.3) is 5.91 Å². The Bertz CT molecular complexity index is 904. The van der Waals surface area contributed by atoms with Crippen molar-refractivity contribution in [3.8, 4) is 24.0 Å². The molecule has 1 fully saturated rings. The molecule has 1 aliphatic heterocycles. The van der Waals surface area contributed by atoms with Gasteiger partial charge in [-0.05, 0) is 31.0 Å². The Balaban J connectivity index is 2.06. The first-order valence-corrected chi connectivity index (χ1v) is 9.51. The van der Waals surface area contributed by atoms with Gasteiger partial charge < -0.3 is 19.9 Å². The molecule has 0 atom stereocenters. The van der Waals surface area contributed by atoms with Crippen LogP contribution in [0.2, 0.25) is 5.02 Å². The zero-order chi connectivity index (χ0) is 20.1. The molecule has 0 spiro atoms. The molecule has 0 bridgehead atoms. The lowest BCUT2D eigenvalue weighted by atomic mass is 10.1. The van der Waals surface area contributed by atoms with Crippen LogP contribution < -0.4 is 15.0 Å². The van der Waals surface area contributed by atoms with Gasteiger partial charge in [0.1, 0.15) is 11.4 Å². The molecule has 28 heavy (non-hydrogen) atoms. The number of nitrogens with one attached hydrogen (secondary N) is 1. The van der Waals surface area contributed by atoms with Gasteiger partial charge in [-0.1, -0.05) is 23.6 Å². The van der Waals surface area contributed by atoms with Gasteiger partial charge in [-0.25, -0.2) is 4.98 Å². The van der Waals surface area contributed by atoms with Crippen LogP contribution in [0.3, 0.4) is 0 Å². The average Bonchev–Trinajstić information content (AvgIpc) is 3.22. The highest BCUT2D eigenvalue weighted by atomic mass is 35.5. The molecule has 1 aromatic heterocycles. The summed E-state index contributed by atoms with van der Waals surface area (Å²) in [5.41, 5.74) is 1.77. The summed E-state index contributed by atoms with van der Waals surface area (Å²) in [5, 5.41) is 3.69. The molecule has 2 heterocycles. The van der Waals surface area contributed by atoms with E-state index in [1.165, 1.54) is 0 Å². The van der Waals surface area contributed by atoms with Crippen molar-refractivity contribution in [3.63, 3.8) is 0 Å². The minimum absolute atomic E-state index is 0.0466. The molecule has 0 aliphatic carbocycles. The third-order valence-electron chi connectivity index (χ3n) is 4.61. The molecule has 1 aliphatic rings. The molecule has 1 amide bonds. The Hall–Kier alpha value is -2.91. The molecule has 1 saturated heterocycles. The Labute approximate surface area is 170 Å². The van der Waals surface area contributed by atoms with E-state index in [0.717, 1.165) is 25.9 Å². The number of amides is 1. The summed E-state index contributed by atoms with van der Waals surface area (Å²) >= 11 is 6.05. The molecule has 2 aromatic rings. The number of benzene rings is 1. The summed E-state index contributed by atoms with van der Waals surface area (Å²) in [6.45, 7) is 1.86. The fourth-order valence-corrected chi connectivity index (χ4v) is 3.47. The van der Waals surface area contributed by atoms with E-state index in [2.05, 4.69) is 16.2 Å². The smallest absolute Gasteiger partial charge is 0.257 e. The van der Waals surface area contributed by atoms with Gasteiger partial charge in [0.15, 0.2) is 0 Å². The second-order valence-corrected chi connectivity index (χ2v) is 7.01. The molecule has 0 radical (unpaired) electrons. The predicted octanol–water partition coefficient (Wildman–Crippen LogP) is 3.87. The Morgan fingerprint density at radius 2 is 2.18 bits per heavy atom. The maximum Gasteiger partial charge on any atom is 0.257 e. The van der Waals surface area contributed by atoms with Gasteiger partial charge in [0, 0.05) is 38.4 Å². The lowest BCUT2D eigenvalue weighted by molar-refractivity contribution is 0.0793. The fourth-order valence-electron chi connectivity index (χ4n) is 3.29. The highest BCUT2D eigenvalue weighted by Crippen LogP contribution is 2.39. The van der Waals surface area contributed by atoms with E-state index < -0.39 is 0 Å². The molecular weight excluding hydrogens is 376 g/mol. The molecule has 6 nitrogen and oxygen atoms in total. The Kier molecular flexibility index (Phi) is 6.27. The fraction of sp³-hybridized carbons (Fsp3) is 0.333. The van der Waals surface area contributed by atoms with Gasteiger partial charge >= 0.3 is 0 Å². The molecule has 0 saturated carbocycles. The summed E-state index contributed by atoms with van der Waals surface area (Å²) in [6, 6.07) is 7.07. The number of aromatic nitrogens is 1. The van der Waals surface area contributed by atoms with Gasteiger partial charge in [0.2, 0.25) is 5.88 Å². The van der Waals surface area contributed by atoms with E-state index in [9.17, 15) is 4.79 Å². The number of ether oxygens (including phenoxy) is 1. The largest absolute Gasteiger partial charge is 0.437 e. The summed E-state index contributed by atoms with van der Waals surface area (Å²) in [7, 11) is 3.61. The van der Waals surface area contributed by atoms with E-state index in [0.29, 0.717) is 40.1 Å². The molecular formula is C21H23ClN4O2. The zero-order valence-electron chi connectivity index (χ0n) is 16.0. The zero-order valence-corrected chi connectivity index (χ0v) is 16.8. The lowest BCUT2D eigenvalue weighted by Crippen LogP contribution is -2.31. The molecule has 146 valence electrons. The second kappa shape index (κ2) is 8.85. The number of rotatable bonds is 6. The minimum atomic E-state index is -0.0466. The third kappa shape index (κ3) is 4.15. The SMILES string of the molecule is C#CCN(C)c1c(C(=O)N2CCCC2)cnc(Oc2cccc(Cl)c2)c1NC. The van der Waals surface area contributed by atoms with Crippen molar-refractivity contribution in [2.75, 3.05) is 43.9 Å². The second-order valence-electron chi connectivity index (χ2n) is 6.57. The van der Waals surface area contributed by atoms with Gasteiger partial charge in [-0.3, -0.25) is 4.79 Å². The Morgan fingerprint density at radius 3 is 2.82 bits per heavy atom. The number of hydrogen-bond acceptors (Lipinski definition) is 5. The average molecular weight is 399 g/mol. The first kappa shape index (κ1) is 19.8. The molecule has 3 rings (SSSR count). The van der Waals surface area contributed by atoms with Gasteiger partial charge in [-0.2, -0.15) is 0 Å². The normalized spacial score (nSPS) is 13.1. The first-order valence-electron chi connectivity index (χ1n) is 9.13. The quantitative estimate of drug-likeness (QED) is 0.748. The van der Waals surface area contributed by atoms with Crippen molar-refractivity contribution in [2.45, 2.75) is 12.8 Å². The number of anilines is 2. The van der Waals surface area contributed by atoms with Gasteiger partial charge in [0.05, 0.1) is 17.8 Å². The summed E-state index contributed by atoms with van der Waals surface area (Å²) < 4.78 is 5.95. The van der Waals surface area contributed by atoms with Crippen LogP contribution in [0.4, 0.5) is 11.4 Å². The topological polar surface area (TPSA) is 57.7 Å². The summed E-state index contributed by atoms with van der Waals surface area (Å²) in [4.78, 5) is 21.2. The number of likely N-dealkylation sites (tertiary alicyclic amines) is 1. The highest BCUT2D eigenvalue weighted by molar-refractivity contribution is 6.30. The van der Waals surface area contributed by atoms with E-state index >= 15 is 0 Å². The van der Waals surface area contributed by atoms with Crippen LogP contribution in [-0.2, 0) is 0 Å². The number of terminal acetylenes is 1. The van der Waals surface area contributed by atoms with Crippen LogP contribution in [0.15, 0.2) is 30.5 Å². The molecule has 1 aromatic carbocycles. The maximum atomic E-state index is 13.1. The van der Waals surface area contributed by atoms with Crippen molar-refractivity contribution >= 4 is 28.9 Å². The molecule has 7 heteroatoms. The van der Waals surface area contributed by atoms with E-state index in [1.807, 2.05) is 16.8 Å². The van der Waals surface area contributed by atoms with Crippen LogP contribution in [0.25, 0.3) is 0 Å². The number of pyridine rings is 1. The van der Waals surface area contributed by atoms with Gasteiger partial charge in [-0.15, -0.1) is 6.42 Å². The van der Waals surface area contributed by atoms with E-state index in [4.69, 9.17) is 22.8 Å².